The number of hydrogen-bond donors (Lipinski definition) is 0. The molecular formula is C13H16. The lowest BCUT2D eigenvalue weighted by molar-refractivity contribution is 0.983. The van der Waals surface area contributed by atoms with Crippen LogP contribution >= 0.6 is 0 Å². The first-order valence-corrected chi connectivity index (χ1v) is 4.94. The zero-order valence-corrected chi connectivity index (χ0v) is 8.43. The van der Waals surface area contributed by atoms with Crippen LogP contribution in [-0.2, 0) is 6.42 Å². The van der Waals surface area contributed by atoms with E-state index in [1.807, 2.05) is 0 Å². The fraction of sp³-hybridized carbons (Fsp3) is 0.385. The maximum absolute atomic E-state index is 3.15. The molecule has 0 unspecified atom stereocenters. The fourth-order valence-corrected chi connectivity index (χ4v) is 1.11. The van der Waals surface area contributed by atoms with Crippen molar-refractivity contribution in [3.63, 3.8) is 0 Å². The van der Waals surface area contributed by atoms with Crippen LogP contribution in [0, 0.1) is 11.8 Å². The van der Waals surface area contributed by atoms with Crippen LogP contribution in [0.4, 0.5) is 0 Å². The highest BCUT2D eigenvalue weighted by Crippen LogP contribution is 2.03. The van der Waals surface area contributed by atoms with Gasteiger partial charge in [0, 0.05) is 12.0 Å². The molecule has 0 atom stereocenters. The first-order valence-electron chi connectivity index (χ1n) is 4.94. The molecule has 0 aliphatic rings. The van der Waals surface area contributed by atoms with E-state index in [2.05, 4.69) is 50.0 Å². The zero-order chi connectivity index (χ0) is 9.52. The third-order valence-electron chi connectivity index (χ3n) is 1.97. The van der Waals surface area contributed by atoms with E-state index in [1.165, 1.54) is 5.56 Å². The molecule has 0 aromatic heterocycles. The summed E-state index contributed by atoms with van der Waals surface area (Å²) in [6, 6.07) is 8.49. The summed E-state index contributed by atoms with van der Waals surface area (Å²) in [6.07, 6.45) is 3.23. The first-order chi connectivity index (χ1) is 6.36. The van der Waals surface area contributed by atoms with Gasteiger partial charge in [0.1, 0.15) is 0 Å². The summed E-state index contributed by atoms with van der Waals surface area (Å²) in [5.41, 5.74) is 2.51. The molecule has 13 heavy (non-hydrogen) atoms. The van der Waals surface area contributed by atoms with Crippen molar-refractivity contribution in [3.8, 4) is 11.8 Å². The highest BCUT2D eigenvalue weighted by molar-refractivity contribution is 5.36. The van der Waals surface area contributed by atoms with Gasteiger partial charge in [-0.2, -0.15) is 0 Å². The summed E-state index contributed by atoms with van der Waals surface area (Å²) >= 11 is 0. The highest BCUT2D eigenvalue weighted by Gasteiger charge is 1.87. The summed E-state index contributed by atoms with van der Waals surface area (Å²) in [5, 5.41) is 0. The molecule has 0 amide bonds. The van der Waals surface area contributed by atoms with E-state index in [1.54, 1.807) is 0 Å². The molecule has 0 fully saturated rings. The summed E-state index contributed by atoms with van der Waals surface area (Å²) < 4.78 is 0. The van der Waals surface area contributed by atoms with E-state index in [-0.39, 0.29) is 0 Å². The van der Waals surface area contributed by atoms with Crippen molar-refractivity contribution >= 4 is 0 Å². The summed E-state index contributed by atoms with van der Waals surface area (Å²) in [7, 11) is 0. The minimum atomic E-state index is 0.996. The summed E-state index contributed by atoms with van der Waals surface area (Å²) in [6.45, 7) is 4.31. The Labute approximate surface area is 81.0 Å². The maximum Gasteiger partial charge on any atom is 0.0245 e. The second-order valence-electron chi connectivity index (χ2n) is 3.10. The van der Waals surface area contributed by atoms with Gasteiger partial charge in [0.15, 0.2) is 0 Å². The van der Waals surface area contributed by atoms with Gasteiger partial charge >= 0.3 is 0 Å². The van der Waals surface area contributed by atoms with Crippen LogP contribution < -0.4 is 0 Å². The molecule has 1 aromatic carbocycles. The monoisotopic (exact) mass is 172 g/mol. The van der Waals surface area contributed by atoms with Gasteiger partial charge < -0.3 is 0 Å². The van der Waals surface area contributed by atoms with Crippen LogP contribution in [0.25, 0.3) is 0 Å². The van der Waals surface area contributed by atoms with Gasteiger partial charge in [0.2, 0.25) is 0 Å². The van der Waals surface area contributed by atoms with Crippen molar-refractivity contribution in [1.82, 2.24) is 0 Å². The second-order valence-corrected chi connectivity index (χ2v) is 3.10. The van der Waals surface area contributed by atoms with E-state index in [9.17, 15) is 0 Å². The molecule has 0 spiro atoms. The minimum absolute atomic E-state index is 0.996. The molecule has 1 aromatic rings. The lowest BCUT2D eigenvalue weighted by Gasteiger charge is -1.94. The van der Waals surface area contributed by atoms with Crippen LogP contribution in [0.5, 0.6) is 0 Å². The van der Waals surface area contributed by atoms with Crippen molar-refractivity contribution in [1.29, 1.82) is 0 Å². The highest BCUT2D eigenvalue weighted by atomic mass is 13.9. The van der Waals surface area contributed by atoms with Gasteiger partial charge in [0.25, 0.3) is 0 Å². The van der Waals surface area contributed by atoms with E-state index < -0.39 is 0 Å². The van der Waals surface area contributed by atoms with Gasteiger partial charge in [-0.05, 0) is 30.5 Å². The van der Waals surface area contributed by atoms with E-state index in [4.69, 9.17) is 0 Å². The van der Waals surface area contributed by atoms with Gasteiger partial charge in [-0.15, -0.1) is 0 Å². The molecule has 0 bridgehead atoms. The molecule has 68 valence electrons. The number of hydrogen-bond acceptors (Lipinski definition) is 0. The van der Waals surface area contributed by atoms with E-state index in [0.717, 1.165) is 24.8 Å². The van der Waals surface area contributed by atoms with E-state index >= 15 is 0 Å². The van der Waals surface area contributed by atoms with Crippen molar-refractivity contribution in [2.45, 2.75) is 33.1 Å². The average molecular weight is 172 g/mol. The molecule has 0 aliphatic heterocycles. The quantitative estimate of drug-likeness (QED) is 0.600. The zero-order valence-electron chi connectivity index (χ0n) is 8.43. The Bertz CT molecular complexity index is 295. The van der Waals surface area contributed by atoms with Crippen molar-refractivity contribution in [2.75, 3.05) is 0 Å². The molecule has 0 N–H and O–H groups in total. The smallest absolute Gasteiger partial charge is 0.0245 e. The predicted molar refractivity (Wildman–Crippen MR) is 57.6 cm³/mol. The normalized spacial score (nSPS) is 9.08. The van der Waals surface area contributed by atoms with Gasteiger partial charge in [0.05, 0.1) is 0 Å². The maximum atomic E-state index is 3.15. The predicted octanol–water partition coefficient (Wildman–Crippen LogP) is 3.40. The topological polar surface area (TPSA) is 0 Å². The molecule has 0 heterocycles. The fourth-order valence-electron chi connectivity index (χ4n) is 1.11. The van der Waals surface area contributed by atoms with Crippen molar-refractivity contribution < 1.29 is 0 Å². The molecule has 1 rings (SSSR count). The first kappa shape index (κ1) is 9.86. The molecule has 0 heteroatoms. The number of rotatable bonds is 2. The molecule has 0 aliphatic carbocycles. The number of unbranched alkanes of at least 4 members (excludes halogenated alkanes) is 1. The average Bonchev–Trinajstić information content (AvgIpc) is 2.19. The van der Waals surface area contributed by atoms with Gasteiger partial charge in [-0.25, -0.2) is 0 Å². The van der Waals surface area contributed by atoms with Crippen LogP contribution in [0.2, 0.25) is 0 Å². The summed E-state index contributed by atoms with van der Waals surface area (Å²) in [4.78, 5) is 0. The molecule has 0 radical (unpaired) electrons. The lowest BCUT2D eigenvalue weighted by Crippen LogP contribution is -1.79. The van der Waals surface area contributed by atoms with Crippen molar-refractivity contribution in [3.05, 3.63) is 35.4 Å². The molecule has 0 saturated carbocycles. The van der Waals surface area contributed by atoms with Crippen LogP contribution in [0.3, 0.4) is 0 Å². The summed E-state index contributed by atoms with van der Waals surface area (Å²) in [5.74, 6) is 6.29. The Hall–Kier alpha value is -1.22. The molecule has 0 saturated heterocycles. The molecular weight excluding hydrogens is 156 g/mol. The Kier molecular flexibility index (Phi) is 4.12. The van der Waals surface area contributed by atoms with E-state index in [0.29, 0.717) is 0 Å². The van der Waals surface area contributed by atoms with Gasteiger partial charge in [-0.3, -0.25) is 0 Å². The Morgan fingerprint density at radius 3 is 2.31 bits per heavy atom. The Balaban J connectivity index is 2.65. The standard InChI is InChI=1S/C13H16/c1-3-5-6-7-13-10-8-12(4-2)9-11-13/h8-11H,3-5H2,1-2H3. The van der Waals surface area contributed by atoms with Crippen LogP contribution in [0.1, 0.15) is 37.8 Å². The number of benzene rings is 1. The minimum Gasteiger partial charge on any atom is -0.0979 e. The SMILES string of the molecule is CCCC#Cc1ccc(CC)cc1. The van der Waals surface area contributed by atoms with Gasteiger partial charge in [-0.1, -0.05) is 37.8 Å². The van der Waals surface area contributed by atoms with Crippen molar-refractivity contribution in [2.24, 2.45) is 0 Å². The largest absolute Gasteiger partial charge is 0.0979 e. The van der Waals surface area contributed by atoms with Crippen LogP contribution in [-0.4, -0.2) is 0 Å². The third-order valence-corrected chi connectivity index (χ3v) is 1.97. The Morgan fingerprint density at radius 2 is 1.77 bits per heavy atom. The van der Waals surface area contributed by atoms with Crippen LogP contribution in [0.15, 0.2) is 24.3 Å². The third kappa shape index (κ3) is 3.34. The lowest BCUT2D eigenvalue weighted by atomic mass is 10.1. The number of aryl methyl sites for hydroxylation is 1. The Morgan fingerprint density at radius 1 is 1.08 bits per heavy atom. The second kappa shape index (κ2) is 5.43. The molecule has 0 nitrogen and oxygen atoms in total.